The highest BCUT2D eigenvalue weighted by molar-refractivity contribution is 6.30. The molecular formula is C21H24ClNO4. The van der Waals surface area contributed by atoms with Crippen LogP contribution in [0.1, 0.15) is 38.8 Å². The fourth-order valence-corrected chi connectivity index (χ4v) is 3.27. The summed E-state index contributed by atoms with van der Waals surface area (Å²) in [6.45, 7) is 5.74. The van der Waals surface area contributed by atoms with Crippen LogP contribution >= 0.6 is 11.6 Å². The quantitative estimate of drug-likeness (QED) is 0.815. The van der Waals surface area contributed by atoms with Crippen LogP contribution < -0.4 is 19.5 Å². The third-order valence-electron chi connectivity index (χ3n) is 4.49. The lowest BCUT2D eigenvalue weighted by atomic mass is 9.89. The van der Waals surface area contributed by atoms with Gasteiger partial charge in [0.05, 0.1) is 13.2 Å². The maximum Gasteiger partial charge on any atom is 0.261 e. The monoisotopic (exact) mass is 389 g/mol. The molecule has 0 radical (unpaired) electrons. The van der Waals surface area contributed by atoms with E-state index in [9.17, 15) is 4.79 Å². The van der Waals surface area contributed by atoms with Gasteiger partial charge in [-0.05, 0) is 63.2 Å². The third-order valence-corrected chi connectivity index (χ3v) is 4.74. The maximum absolute atomic E-state index is 12.7. The van der Waals surface area contributed by atoms with Crippen molar-refractivity contribution in [1.82, 2.24) is 5.32 Å². The van der Waals surface area contributed by atoms with Crippen molar-refractivity contribution in [2.24, 2.45) is 0 Å². The van der Waals surface area contributed by atoms with Crippen molar-refractivity contribution in [1.29, 1.82) is 0 Å². The van der Waals surface area contributed by atoms with Gasteiger partial charge in [-0.1, -0.05) is 11.6 Å². The number of fused-ring (bicyclic) bond motifs is 1. The Hall–Kier alpha value is -2.40. The molecule has 144 valence electrons. The number of rotatable bonds is 5. The van der Waals surface area contributed by atoms with Crippen LogP contribution in [0.5, 0.6) is 17.2 Å². The molecule has 2 atom stereocenters. The average Bonchev–Trinajstić information content (AvgIpc) is 2.62. The molecule has 5 nitrogen and oxygen atoms in total. The first-order chi connectivity index (χ1) is 12.8. The summed E-state index contributed by atoms with van der Waals surface area (Å²) < 4.78 is 17.1. The fraction of sp³-hybridized carbons (Fsp3) is 0.381. The molecule has 1 aliphatic rings. The molecular weight excluding hydrogens is 366 g/mol. The van der Waals surface area contributed by atoms with Gasteiger partial charge in [-0.3, -0.25) is 4.79 Å². The molecule has 0 saturated heterocycles. The van der Waals surface area contributed by atoms with Crippen molar-refractivity contribution in [2.75, 3.05) is 7.11 Å². The molecule has 2 aromatic carbocycles. The summed E-state index contributed by atoms with van der Waals surface area (Å²) in [6.07, 6.45) is -0.00164. The molecule has 1 heterocycles. The number of hydrogen-bond donors (Lipinski definition) is 1. The van der Waals surface area contributed by atoms with E-state index in [0.717, 1.165) is 17.1 Å². The molecule has 6 heteroatoms. The predicted octanol–water partition coefficient (Wildman–Crippen LogP) is 4.53. The predicted molar refractivity (Wildman–Crippen MR) is 105 cm³/mol. The van der Waals surface area contributed by atoms with E-state index in [0.29, 0.717) is 17.2 Å². The van der Waals surface area contributed by atoms with E-state index < -0.39 is 6.10 Å². The van der Waals surface area contributed by atoms with Gasteiger partial charge in [0.15, 0.2) is 6.10 Å². The van der Waals surface area contributed by atoms with Gasteiger partial charge >= 0.3 is 0 Å². The van der Waals surface area contributed by atoms with Crippen LogP contribution in [0.2, 0.25) is 5.02 Å². The fourth-order valence-electron chi connectivity index (χ4n) is 3.15. The summed E-state index contributed by atoms with van der Waals surface area (Å²) in [5, 5.41) is 3.71. The minimum atomic E-state index is -0.647. The van der Waals surface area contributed by atoms with E-state index in [1.165, 1.54) is 0 Å². The summed E-state index contributed by atoms with van der Waals surface area (Å²) in [5.41, 5.74) is 0.514. The lowest BCUT2D eigenvalue weighted by Gasteiger charge is -2.38. The number of ether oxygens (including phenoxy) is 3. The number of methoxy groups -OCH3 is 1. The van der Waals surface area contributed by atoms with E-state index in [2.05, 4.69) is 5.32 Å². The zero-order valence-corrected chi connectivity index (χ0v) is 16.7. The van der Waals surface area contributed by atoms with E-state index in [-0.39, 0.29) is 17.6 Å². The molecule has 0 unspecified atom stereocenters. The smallest absolute Gasteiger partial charge is 0.261 e. The van der Waals surface area contributed by atoms with Gasteiger partial charge in [0.1, 0.15) is 22.8 Å². The van der Waals surface area contributed by atoms with Crippen LogP contribution in [-0.4, -0.2) is 24.7 Å². The second-order valence-corrected chi connectivity index (χ2v) is 7.68. The number of halogens is 1. The largest absolute Gasteiger partial charge is 0.497 e. The second kappa shape index (κ2) is 7.69. The Morgan fingerprint density at radius 1 is 1.22 bits per heavy atom. The Kier molecular flexibility index (Phi) is 5.51. The molecule has 0 bridgehead atoms. The third kappa shape index (κ3) is 4.66. The highest BCUT2D eigenvalue weighted by Gasteiger charge is 2.35. The number of hydrogen-bond acceptors (Lipinski definition) is 4. The molecule has 0 saturated carbocycles. The van der Waals surface area contributed by atoms with Gasteiger partial charge in [-0.25, -0.2) is 0 Å². The average molecular weight is 390 g/mol. The molecule has 2 aromatic rings. The number of nitrogens with one attached hydrogen (secondary N) is 1. The van der Waals surface area contributed by atoms with Crippen molar-refractivity contribution < 1.29 is 19.0 Å². The first-order valence-corrected chi connectivity index (χ1v) is 9.25. The molecule has 0 aliphatic carbocycles. The lowest BCUT2D eigenvalue weighted by molar-refractivity contribution is -0.128. The zero-order chi connectivity index (χ0) is 19.6. The second-order valence-electron chi connectivity index (χ2n) is 7.24. The molecule has 1 aliphatic heterocycles. The van der Waals surface area contributed by atoms with Gasteiger partial charge < -0.3 is 19.5 Å². The summed E-state index contributed by atoms with van der Waals surface area (Å²) in [7, 11) is 1.62. The van der Waals surface area contributed by atoms with Crippen LogP contribution in [0, 0.1) is 0 Å². The number of amides is 1. The van der Waals surface area contributed by atoms with E-state index in [1.54, 1.807) is 38.3 Å². The number of benzene rings is 2. The summed E-state index contributed by atoms with van der Waals surface area (Å²) in [4.78, 5) is 12.7. The molecule has 1 amide bonds. The zero-order valence-electron chi connectivity index (χ0n) is 15.9. The van der Waals surface area contributed by atoms with Gasteiger partial charge in [0, 0.05) is 17.0 Å². The van der Waals surface area contributed by atoms with Gasteiger partial charge in [0.25, 0.3) is 5.91 Å². The SMILES string of the molecule is COc1ccc2c(c1)[C@@H](NC(=O)[C@@H](C)Oc1ccc(Cl)cc1)CC(C)(C)O2. The molecule has 0 spiro atoms. The van der Waals surface area contributed by atoms with E-state index >= 15 is 0 Å². The minimum absolute atomic E-state index is 0.192. The van der Waals surface area contributed by atoms with Gasteiger partial charge in [-0.2, -0.15) is 0 Å². The van der Waals surface area contributed by atoms with Crippen molar-refractivity contribution in [2.45, 2.75) is 44.9 Å². The number of carbonyl (C=O) groups excluding carboxylic acids is 1. The van der Waals surface area contributed by atoms with Crippen LogP contribution in [0.25, 0.3) is 0 Å². The molecule has 1 N–H and O–H groups in total. The van der Waals surface area contributed by atoms with E-state index in [4.69, 9.17) is 25.8 Å². The molecule has 27 heavy (non-hydrogen) atoms. The van der Waals surface area contributed by atoms with Gasteiger partial charge in [0.2, 0.25) is 0 Å². The Morgan fingerprint density at radius 3 is 2.56 bits per heavy atom. The van der Waals surface area contributed by atoms with Crippen molar-refractivity contribution >= 4 is 17.5 Å². The van der Waals surface area contributed by atoms with Crippen molar-refractivity contribution in [3.8, 4) is 17.2 Å². The molecule has 0 aromatic heterocycles. The minimum Gasteiger partial charge on any atom is -0.497 e. The van der Waals surface area contributed by atoms with Crippen LogP contribution in [0.3, 0.4) is 0 Å². The Labute approximate surface area is 164 Å². The standard InChI is InChI=1S/C21H24ClNO4/c1-13(26-15-7-5-14(22)6-8-15)20(24)23-18-12-21(2,3)27-19-10-9-16(25-4)11-17(18)19/h5-11,13,18H,12H2,1-4H3,(H,23,24)/t13-,18+/m1/s1. The Morgan fingerprint density at radius 2 is 1.89 bits per heavy atom. The Balaban J connectivity index is 1.75. The highest BCUT2D eigenvalue weighted by atomic mass is 35.5. The Bertz CT molecular complexity index is 819. The van der Waals surface area contributed by atoms with Crippen LogP contribution in [0.15, 0.2) is 42.5 Å². The van der Waals surface area contributed by atoms with Crippen LogP contribution in [-0.2, 0) is 4.79 Å². The molecule has 0 fully saturated rings. The summed E-state index contributed by atoms with van der Waals surface area (Å²) in [5.74, 6) is 1.88. The van der Waals surface area contributed by atoms with Crippen molar-refractivity contribution in [3.05, 3.63) is 53.1 Å². The van der Waals surface area contributed by atoms with Crippen molar-refractivity contribution in [3.63, 3.8) is 0 Å². The van der Waals surface area contributed by atoms with Gasteiger partial charge in [-0.15, -0.1) is 0 Å². The highest BCUT2D eigenvalue weighted by Crippen LogP contribution is 2.41. The molecule has 3 rings (SSSR count). The summed E-state index contributed by atoms with van der Waals surface area (Å²) in [6, 6.07) is 12.4. The normalized spacial score (nSPS) is 18.6. The van der Waals surface area contributed by atoms with Crippen LogP contribution in [0.4, 0.5) is 0 Å². The maximum atomic E-state index is 12.7. The summed E-state index contributed by atoms with van der Waals surface area (Å²) >= 11 is 5.88. The van der Waals surface area contributed by atoms with E-state index in [1.807, 2.05) is 32.0 Å². The topological polar surface area (TPSA) is 56.8 Å². The first-order valence-electron chi connectivity index (χ1n) is 8.87. The lowest BCUT2D eigenvalue weighted by Crippen LogP contribution is -2.44. The number of carbonyl (C=O) groups is 1. The first kappa shape index (κ1) is 19.4.